The highest BCUT2D eigenvalue weighted by atomic mass is 127. The zero-order chi connectivity index (χ0) is 21.2. The summed E-state index contributed by atoms with van der Waals surface area (Å²) in [6.45, 7) is 0. The number of carbonyl (C=O) groups is 2. The number of hydrogen-bond donors (Lipinski definition) is 2. The highest BCUT2D eigenvalue weighted by molar-refractivity contribution is 14.1. The fourth-order valence-electron chi connectivity index (χ4n) is 2.50. The van der Waals surface area contributed by atoms with Gasteiger partial charge in [0.15, 0.2) is 0 Å². The van der Waals surface area contributed by atoms with E-state index in [1.165, 1.54) is 6.21 Å². The van der Waals surface area contributed by atoms with Crippen LogP contribution in [-0.2, 0) is 9.59 Å². The zero-order valence-electron chi connectivity index (χ0n) is 16.0. The molecule has 0 bridgehead atoms. The van der Waals surface area contributed by atoms with Crippen LogP contribution in [0.4, 0.5) is 5.69 Å². The summed E-state index contributed by atoms with van der Waals surface area (Å²) in [5.41, 5.74) is 3.92. The van der Waals surface area contributed by atoms with Gasteiger partial charge in [-0.1, -0.05) is 30.3 Å². The molecule has 30 heavy (non-hydrogen) atoms. The molecule has 0 aromatic heterocycles. The first kappa shape index (κ1) is 21.5. The van der Waals surface area contributed by atoms with Gasteiger partial charge >= 0.3 is 0 Å². The fraction of sp³-hybridized carbons (Fsp3) is 0.0870. The predicted octanol–water partition coefficient (Wildman–Crippen LogP) is 4.95. The van der Waals surface area contributed by atoms with Crippen LogP contribution >= 0.6 is 22.6 Å². The van der Waals surface area contributed by atoms with Crippen LogP contribution < -0.4 is 15.5 Å². The molecule has 2 N–H and O–H groups in total. The van der Waals surface area contributed by atoms with E-state index in [-0.39, 0.29) is 24.7 Å². The van der Waals surface area contributed by atoms with Crippen LogP contribution in [0.5, 0.6) is 11.5 Å². The minimum atomic E-state index is -0.333. The van der Waals surface area contributed by atoms with Crippen molar-refractivity contribution < 1.29 is 14.3 Å². The van der Waals surface area contributed by atoms with Crippen molar-refractivity contribution in [3.05, 3.63) is 88.0 Å². The van der Waals surface area contributed by atoms with Crippen molar-refractivity contribution in [1.82, 2.24) is 5.43 Å². The Balaban J connectivity index is 1.43. The number of benzene rings is 3. The smallest absolute Gasteiger partial charge is 0.240 e. The molecule has 0 fully saturated rings. The number of amides is 2. The maximum Gasteiger partial charge on any atom is 0.240 e. The summed E-state index contributed by atoms with van der Waals surface area (Å²) in [6.07, 6.45) is 1.65. The van der Waals surface area contributed by atoms with E-state index in [1.807, 2.05) is 78.9 Å². The van der Waals surface area contributed by atoms with Gasteiger partial charge in [0.2, 0.25) is 11.8 Å². The van der Waals surface area contributed by atoms with Gasteiger partial charge in [0.25, 0.3) is 0 Å². The van der Waals surface area contributed by atoms with Gasteiger partial charge in [-0.05, 0) is 76.7 Å². The molecule has 0 heterocycles. The molecule has 152 valence electrons. The van der Waals surface area contributed by atoms with Crippen molar-refractivity contribution in [2.75, 3.05) is 5.32 Å². The van der Waals surface area contributed by atoms with Crippen LogP contribution in [0, 0.1) is 3.57 Å². The number of nitrogens with zero attached hydrogens (tertiary/aromatic N) is 1. The van der Waals surface area contributed by atoms with Crippen molar-refractivity contribution in [1.29, 1.82) is 0 Å². The van der Waals surface area contributed by atoms with Crippen LogP contribution in [0.2, 0.25) is 0 Å². The normalized spacial score (nSPS) is 10.6. The molecule has 0 unspecified atom stereocenters. The number of anilines is 1. The van der Waals surface area contributed by atoms with Crippen LogP contribution in [-0.4, -0.2) is 18.0 Å². The Labute approximate surface area is 188 Å². The summed E-state index contributed by atoms with van der Waals surface area (Å²) < 4.78 is 6.86. The third kappa shape index (κ3) is 7.32. The first-order chi connectivity index (χ1) is 14.6. The molecular weight excluding hydrogens is 493 g/mol. The third-order valence-corrected chi connectivity index (χ3v) is 4.67. The molecule has 0 aliphatic carbocycles. The topological polar surface area (TPSA) is 79.8 Å². The van der Waals surface area contributed by atoms with E-state index < -0.39 is 0 Å². The highest BCUT2D eigenvalue weighted by Gasteiger charge is 2.07. The number of hydrogen-bond acceptors (Lipinski definition) is 4. The lowest BCUT2D eigenvalue weighted by molar-refractivity contribution is -0.124. The standard InChI is InChI=1S/C23H20IN3O3/c24-18-9-11-19(12-10-18)26-22(28)13-14-23(29)27-25-16-17-5-4-8-21(15-17)30-20-6-2-1-3-7-20/h1-12,15-16H,13-14H2,(H,26,28)(H,27,29)/b25-16-. The molecule has 2 amide bonds. The van der Waals surface area contributed by atoms with Crippen molar-refractivity contribution in [2.45, 2.75) is 12.8 Å². The number of halogens is 1. The van der Waals surface area contributed by atoms with Crippen molar-refractivity contribution in [2.24, 2.45) is 5.10 Å². The summed E-state index contributed by atoms with van der Waals surface area (Å²) in [6, 6.07) is 24.3. The first-order valence-electron chi connectivity index (χ1n) is 9.29. The Bertz CT molecular complexity index is 1020. The van der Waals surface area contributed by atoms with Crippen molar-refractivity contribution in [3.63, 3.8) is 0 Å². The average molecular weight is 513 g/mol. The average Bonchev–Trinajstić information content (AvgIpc) is 2.75. The molecule has 0 aliphatic heterocycles. The third-order valence-electron chi connectivity index (χ3n) is 3.95. The van der Waals surface area contributed by atoms with Crippen LogP contribution in [0.15, 0.2) is 84.0 Å². The largest absolute Gasteiger partial charge is 0.457 e. The molecule has 0 radical (unpaired) electrons. The van der Waals surface area contributed by atoms with Crippen molar-refractivity contribution >= 4 is 46.3 Å². The lowest BCUT2D eigenvalue weighted by atomic mass is 10.2. The molecule has 3 aromatic rings. The zero-order valence-corrected chi connectivity index (χ0v) is 18.2. The fourth-order valence-corrected chi connectivity index (χ4v) is 2.86. The molecule has 0 aliphatic rings. The van der Waals surface area contributed by atoms with Gasteiger partial charge in [-0.15, -0.1) is 0 Å². The predicted molar refractivity (Wildman–Crippen MR) is 126 cm³/mol. The molecule has 6 nitrogen and oxygen atoms in total. The van der Waals surface area contributed by atoms with Crippen molar-refractivity contribution in [3.8, 4) is 11.5 Å². The number of rotatable bonds is 8. The Morgan fingerprint density at radius 3 is 2.33 bits per heavy atom. The van der Waals surface area contributed by atoms with Gasteiger partial charge in [0, 0.05) is 22.1 Å². The van der Waals surface area contributed by atoms with E-state index in [1.54, 1.807) is 0 Å². The summed E-state index contributed by atoms with van der Waals surface area (Å²) in [4.78, 5) is 23.9. The van der Waals surface area contributed by atoms with E-state index in [0.717, 1.165) is 14.9 Å². The maximum absolute atomic E-state index is 11.9. The van der Waals surface area contributed by atoms with E-state index in [2.05, 4.69) is 38.4 Å². The summed E-state index contributed by atoms with van der Waals surface area (Å²) >= 11 is 2.19. The number of carbonyl (C=O) groups excluding carboxylic acids is 2. The first-order valence-corrected chi connectivity index (χ1v) is 10.4. The Kier molecular flexibility index (Phi) is 7.96. The minimum Gasteiger partial charge on any atom is -0.457 e. The second kappa shape index (κ2) is 11.1. The van der Waals surface area contributed by atoms with E-state index in [0.29, 0.717) is 11.4 Å². The second-order valence-electron chi connectivity index (χ2n) is 6.34. The minimum absolute atomic E-state index is 0.0463. The number of ether oxygens (including phenoxy) is 1. The number of hydrazone groups is 1. The summed E-state index contributed by atoms with van der Waals surface area (Å²) in [7, 11) is 0. The van der Waals surface area contributed by atoms with Gasteiger partial charge in [-0.3, -0.25) is 9.59 Å². The van der Waals surface area contributed by atoms with E-state index in [9.17, 15) is 9.59 Å². The monoisotopic (exact) mass is 513 g/mol. The Morgan fingerprint density at radius 2 is 1.57 bits per heavy atom. The molecule has 7 heteroatoms. The molecule has 0 saturated carbocycles. The van der Waals surface area contributed by atoms with Gasteiger partial charge in [-0.2, -0.15) is 5.10 Å². The molecular formula is C23H20IN3O3. The van der Waals surface area contributed by atoms with Crippen LogP contribution in [0.3, 0.4) is 0 Å². The van der Waals surface area contributed by atoms with E-state index in [4.69, 9.17) is 4.74 Å². The van der Waals surface area contributed by atoms with Crippen LogP contribution in [0.1, 0.15) is 18.4 Å². The van der Waals surface area contributed by atoms with Gasteiger partial charge in [-0.25, -0.2) is 5.43 Å². The molecule has 0 spiro atoms. The van der Waals surface area contributed by atoms with Gasteiger partial charge in [0.05, 0.1) is 6.21 Å². The Hall–Kier alpha value is -3.20. The number of nitrogens with one attached hydrogen (secondary N) is 2. The maximum atomic E-state index is 11.9. The molecule has 3 rings (SSSR count). The lowest BCUT2D eigenvalue weighted by Crippen LogP contribution is -2.20. The summed E-state index contributed by atoms with van der Waals surface area (Å²) in [5, 5.41) is 6.71. The van der Waals surface area contributed by atoms with E-state index >= 15 is 0 Å². The van der Waals surface area contributed by atoms with Gasteiger partial charge < -0.3 is 10.1 Å². The van der Waals surface area contributed by atoms with Crippen LogP contribution in [0.25, 0.3) is 0 Å². The second-order valence-corrected chi connectivity index (χ2v) is 7.58. The molecule has 0 saturated heterocycles. The molecule has 0 atom stereocenters. The molecule has 3 aromatic carbocycles. The van der Waals surface area contributed by atoms with Gasteiger partial charge in [0.1, 0.15) is 11.5 Å². The number of para-hydroxylation sites is 1. The quantitative estimate of drug-likeness (QED) is 0.254. The highest BCUT2D eigenvalue weighted by Crippen LogP contribution is 2.21. The lowest BCUT2D eigenvalue weighted by Gasteiger charge is -2.06. The SMILES string of the molecule is O=C(CCC(=O)Nc1ccc(I)cc1)N/N=C\c1cccc(Oc2ccccc2)c1. The Morgan fingerprint density at radius 1 is 0.867 bits per heavy atom. The summed E-state index contributed by atoms with van der Waals surface area (Å²) in [5.74, 6) is 0.856.